The predicted octanol–water partition coefficient (Wildman–Crippen LogP) is 11.8. The first kappa shape index (κ1) is 75.7. The molecule has 0 aliphatic heterocycles. The number of carboxylic acid groups (broad SMARTS) is 1. The summed E-state index contributed by atoms with van der Waals surface area (Å²) >= 11 is 0. The molecule has 0 spiro atoms. The highest BCUT2D eigenvalue weighted by Crippen LogP contribution is 2.16. The summed E-state index contributed by atoms with van der Waals surface area (Å²) < 4.78 is 21.4. The van der Waals surface area contributed by atoms with Gasteiger partial charge in [-0.15, -0.1) is 0 Å². The van der Waals surface area contributed by atoms with E-state index in [1.165, 1.54) is 13.8 Å². The molecule has 0 rings (SSSR count). The third-order valence-electron chi connectivity index (χ3n) is 10.4. The fourth-order valence-electron chi connectivity index (χ4n) is 5.81. The Morgan fingerprint density at radius 3 is 1.03 bits per heavy atom. The average molecular weight is 1000 g/mol. The van der Waals surface area contributed by atoms with Gasteiger partial charge in [0.05, 0.1) is 32.3 Å². The molecule has 0 saturated heterocycles. The summed E-state index contributed by atoms with van der Waals surface area (Å²) in [4.78, 5) is 88.3. The Labute approximate surface area is 427 Å². The van der Waals surface area contributed by atoms with Crippen molar-refractivity contribution >= 4 is 46.6 Å². The van der Waals surface area contributed by atoms with E-state index in [2.05, 4.69) is 60.7 Å². The smallest absolute Gasteiger partial charge is 0.306 e. The molecule has 0 aliphatic rings. The number of unbranched alkanes of at least 4 members (excludes halogenated alkanes) is 4. The van der Waals surface area contributed by atoms with Gasteiger partial charge in [-0.1, -0.05) is 82.1 Å². The lowest BCUT2D eigenvalue weighted by Gasteiger charge is -2.10. The number of ether oxygens (including phenoxy) is 4. The number of ketones is 6. The topological polar surface area (TPSA) is 206 Å². The molecule has 1 unspecified atom stereocenters. The van der Waals surface area contributed by atoms with E-state index >= 15 is 0 Å². The first-order chi connectivity index (χ1) is 32.5. The molecule has 0 fully saturated rings. The minimum atomic E-state index is -0.908. The molecule has 0 aromatic carbocycles. The van der Waals surface area contributed by atoms with Crippen LogP contribution in [0.2, 0.25) is 0 Å². The molecule has 0 saturated carbocycles. The van der Waals surface area contributed by atoms with E-state index in [1.807, 2.05) is 0 Å². The highest BCUT2D eigenvalue weighted by molar-refractivity contribution is 5.82. The van der Waals surface area contributed by atoms with Crippen LogP contribution in [0.5, 0.6) is 0 Å². The molecule has 0 bridgehead atoms. The highest BCUT2D eigenvalue weighted by Gasteiger charge is 2.18. The van der Waals surface area contributed by atoms with Crippen LogP contribution in [0.1, 0.15) is 225 Å². The van der Waals surface area contributed by atoms with Gasteiger partial charge in [0.25, 0.3) is 0 Å². The summed E-state index contributed by atoms with van der Waals surface area (Å²) in [7, 11) is 0. The lowest BCUT2D eigenvalue weighted by molar-refractivity contribution is -0.144. The molecule has 0 aliphatic carbocycles. The van der Waals surface area contributed by atoms with Crippen LogP contribution in [0.3, 0.4) is 0 Å². The minimum absolute atomic E-state index is 0. The Kier molecular flexibility index (Phi) is 59.6. The van der Waals surface area contributed by atoms with Gasteiger partial charge in [0.15, 0.2) is 0 Å². The zero-order chi connectivity index (χ0) is 53.3. The van der Waals surface area contributed by atoms with Crippen LogP contribution < -0.4 is 5.32 Å². The summed E-state index contributed by atoms with van der Waals surface area (Å²) in [6, 6.07) is 0. The van der Waals surface area contributed by atoms with E-state index in [4.69, 9.17) is 24.1 Å². The molecule has 2 N–H and O–H groups in total. The third-order valence-corrected chi connectivity index (χ3v) is 10.4. The molecule has 0 radical (unpaired) electrons. The van der Waals surface area contributed by atoms with E-state index in [-0.39, 0.29) is 54.5 Å². The second-order valence-electron chi connectivity index (χ2n) is 19.9. The van der Waals surface area contributed by atoms with Crippen LogP contribution in [0.15, 0.2) is 0 Å². The van der Waals surface area contributed by atoms with Gasteiger partial charge < -0.3 is 39.0 Å². The van der Waals surface area contributed by atoms with Crippen LogP contribution in [-0.2, 0) is 57.3 Å². The maximum atomic E-state index is 11.7. The Balaban J connectivity index is -0.000000274. The normalized spacial score (nSPS) is 11.1. The number of hydrogen-bond acceptors (Lipinski definition) is 12. The molecule has 414 valence electrons. The summed E-state index contributed by atoms with van der Waals surface area (Å²) in [5.41, 5.74) is 0. The van der Waals surface area contributed by atoms with Gasteiger partial charge in [-0.05, 0) is 102 Å². The van der Waals surface area contributed by atoms with Gasteiger partial charge in [-0.2, -0.15) is 0 Å². The summed E-state index contributed by atoms with van der Waals surface area (Å²) in [6.45, 7) is 29.0. The lowest BCUT2D eigenvalue weighted by atomic mass is 9.95. The fraction of sp³-hybridized carbons (Fsp3) is 0.857. The second kappa shape index (κ2) is 55.1. The summed E-state index contributed by atoms with van der Waals surface area (Å²) in [5.74, 6) is 2.10. The van der Waals surface area contributed by atoms with Gasteiger partial charge in [0.1, 0.15) is 34.7 Å². The van der Waals surface area contributed by atoms with E-state index in [0.29, 0.717) is 127 Å². The van der Waals surface area contributed by atoms with Gasteiger partial charge >= 0.3 is 5.97 Å². The lowest BCUT2D eigenvalue weighted by Crippen LogP contribution is -2.21. The van der Waals surface area contributed by atoms with Crippen molar-refractivity contribution in [2.24, 2.45) is 29.6 Å². The quantitative estimate of drug-likeness (QED) is 0.0546. The van der Waals surface area contributed by atoms with Gasteiger partial charge in [0, 0.05) is 97.7 Å². The average Bonchev–Trinajstić information content (AvgIpc) is 3.24. The molecular formula is C56H107NO13. The predicted molar refractivity (Wildman–Crippen MR) is 283 cm³/mol. The van der Waals surface area contributed by atoms with Crippen LogP contribution in [0.4, 0.5) is 0 Å². The maximum absolute atomic E-state index is 11.7. The number of rotatable bonds is 43. The van der Waals surface area contributed by atoms with Crippen molar-refractivity contribution in [1.29, 1.82) is 0 Å². The van der Waals surface area contributed by atoms with Crippen molar-refractivity contribution < 1.29 is 62.4 Å². The number of hydrogen-bond donors (Lipinski definition) is 2. The van der Waals surface area contributed by atoms with E-state index in [1.54, 1.807) is 13.8 Å². The van der Waals surface area contributed by atoms with Gasteiger partial charge in [-0.3, -0.25) is 28.8 Å². The number of Topliss-reactive ketones (excluding diaryl/α,β-unsaturated/α-hetero) is 6. The Morgan fingerprint density at radius 1 is 0.386 bits per heavy atom. The molecule has 0 aromatic rings. The van der Waals surface area contributed by atoms with Crippen LogP contribution in [-0.4, -0.2) is 111 Å². The van der Waals surface area contributed by atoms with Crippen molar-refractivity contribution in [2.45, 2.75) is 225 Å². The molecule has 0 aromatic heterocycles. The van der Waals surface area contributed by atoms with Crippen molar-refractivity contribution in [2.75, 3.05) is 59.4 Å². The summed E-state index contributed by atoms with van der Waals surface area (Å²) in [6.07, 6.45) is 15.0. The van der Waals surface area contributed by atoms with Crippen molar-refractivity contribution in [3.63, 3.8) is 0 Å². The largest absolute Gasteiger partial charge is 0.481 e. The number of amides is 1. The van der Waals surface area contributed by atoms with Crippen molar-refractivity contribution in [3.05, 3.63) is 0 Å². The standard InChI is InChI=1S/C18H32O5.C15H28O3.C13H25NO3.C9H18O2.CH4/c1-14(2)9-11-23-12-10-17(20)8-6-4-5-7-16(18(21)22)13-15(3)19;1-13(2)9-11-18-12-10-15(17)8-6-4-5-7-14(3)16;1-11(2)6-9-17-10-7-13(16)5-4-8-14-12(3)15;1-8(2)4-6-11-7-5-9(3)10;/h14,16H,4-13H2,1-3H3,(H,21,22);13H,4-12H2,1-3H3;11H,4-10H2,1-3H3,(H,14,15);8H,4-7H2,1-3H3;1H4. The van der Waals surface area contributed by atoms with E-state index < -0.39 is 11.9 Å². The first-order valence-corrected chi connectivity index (χ1v) is 26.3. The SMILES string of the molecule is C.CC(=O)CC(CCCCCC(=O)CCOCCC(C)C)C(=O)O.CC(=O)CCCCCC(=O)CCOCCC(C)C.CC(=O)CCOCCC(C)C.CC(=O)NCCCC(=O)CCOCCC(C)C. The molecule has 1 atom stereocenters. The van der Waals surface area contributed by atoms with Crippen LogP contribution >= 0.6 is 0 Å². The molecule has 14 heteroatoms. The Morgan fingerprint density at radius 2 is 0.714 bits per heavy atom. The number of aliphatic carboxylic acids is 1. The number of carbonyl (C=O) groups excluding carboxylic acids is 7. The van der Waals surface area contributed by atoms with Gasteiger partial charge in [-0.25, -0.2) is 0 Å². The van der Waals surface area contributed by atoms with Crippen molar-refractivity contribution in [3.8, 4) is 0 Å². The number of carbonyl (C=O) groups is 8. The van der Waals surface area contributed by atoms with Crippen LogP contribution in [0, 0.1) is 29.6 Å². The maximum Gasteiger partial charge on any atom is 0.306 e. The zero-order valence-electron chi connectivity index (χ0n) is 45.9. The zero-order valence-corrected chi connectivity index (χ0v) is 45.9. The highest BCUT2D eigenvalue weighted by atomic mass is 16.5. The first-order valence-electron chi connectivity index (χ1n) is 26.3. The van der Waals surface area contributed by atoms with E-state index in [9.17, 15) is 38.4 Å². The Hall–Kier alpha value is -3.20. The second-order valence-corrected chi connectivity index (χ2v) is 19.9. The molecule has 0 heterocycles. The fourth-order valence-corrected chi connectivity index (χ4v) is 5.81. The van der Waals surface area contributed by atoms with Crippen molar-refractivity contribution in [1.82, 2.24) is 5.32 Å². The summed E-state index contributed by atoms with van der Waals surface area (Å²) in [5, 5.41) is 11.7. The number of carboxylic acids is 1. The molecule has 1 amide bonds. The monoisotopic (exact) mass is 1000 g/mol. The molecular weight excluding hydrogens is 895 g/mol. The molecule has 70 heavy (non-hydrogen) atoms. The number of nitrogens with one attached hydrogen (secondary N) is 1. The van der Waals surface area contributed by atoms with Gasteiger partial charge in [0.2, 0.25) is 5.91 Å². The molecule has 14 nitrogen and oxygen atoms in total. The van der Waals surface area contributed by atoms with E-state index in [0.717, 1.165) is 84.0 Å². The minimum Gasteiger partial charge on any atom is -0.481 e. The van der Waals surface area contributed by atoms with Crippen LogP contribution in [0.25, 0.3) is 0 Å². The third kappa shape index (κ3) is 73.8. The Bertz CT molecular complexity index is 1310.